The summed E-state index contributed by atoms with van der Waals surface area (Å²) in [7, 11) is 0. The summed E-state index contributed by atoms with van der Waals surface area (Å²) in [6.07, 6.45) is 2.60. The molecule has 1 aliphatic rings. The van der Waals surface area contributed by atoms with Crippen LogP contribution in [0.5, 0.6) is 0 Å². The average Bonchev–Trinajstić information content (AvgIpc) is 2.34. The topological polar surface area (TPSA) is 3.24 Å². The summed E-state index contributed by atoms with van der Waals surface area (Å²) in [6, 6.07) is 0.780. The van der Waals surface area contributed by atoms with Crippen LogP contribution >= 0.6 is 15.9 Å². The van der Waals surface area contributed by atoms with Gasteiger partial charge >= 0.3 is 0 Å². The van der Waals surface area contributed by atoms with E-state index >= 15 is 0 Å². The molecule has 60 valence electrons. The molecular weight excluding hydrogens is 190 g/mol. The predicted octanol–water partition coefficient (Wildman–Crippen LogP) is 2.25. The summed E-state index contributed by atoms with van der Waals surface area (Å²) in [5.74, 6) is 0. The van der Waals surface area contributed by atoms with Crippen molar-refractivity contribution < 1.29 is 0 Å². The van der Waals surface area contributed by atoms with Crippen molar-refractivity contribution in [1.82, 2.24) is 4.90 Å². The summed E-state index contributed by atoms with van der Waals surface area (Å²) in [4.78, 5) is 3.31. The van der Waals surface area contributed by atoms with Gasteiger partial charge in [0, 0.05) is 17.4 Å². The Kier molecular flexibility index (Phi) is 3.18. The Balaban J connectivity index is 2.29. The molecule has 1 heterocycles. The zero-order valence-electron chi connectivity index (χ0n) is 6.81. The lowest BCUT2D eigenvalue weighted by molar-refractivity contribution is 0.254. The highest BCUT2D eigenvalue weighted by atomic mass is 79.9. The van der Waals surface area contributed by atoms with Crippen molar-refractivity contribution in [3.8, 4) is 0 Å². The van der Waals surface area contributed by atoms with Gasteiger partial charge in [-0.3, -0.25) is 4.90 Å². The van der Waals surface area contributed by atoms with Gasteiger partial charge < -0.3 is 0 Å². The largest absolute Gasteiger partial charge is 0.300 e. The second kappa shape index (κ2) is 3.72. The molecule has 0 radical (unpaired) electrons. The fourth-order valence-corrected chi connectivity index (χ4v) is 1.98. The van der Waals surface area contributed by atoms with Crippen LogP contribution in [0, 0.1) is 0 Å². The molecular formula is C8H16BrN. The van der Waals surface area contributed by atoms with Crippen molar-refractivity contribution in [3.63, 3.8) is 0 Å². The quantitative estimate of drug-likeness (QED) is 0.626. The molecule has 2 heteroatoms. The van der Waals surface area contributed by atoms with Crippen LogP contribution in [-0.4, -0.2) is 28.9 Å². The molecule has 1 rings (SSSR count). The first kappa shape index (κ1) is 8.54. The van der Waals surface area contributed by atoms with Gasteiger partial charge in [-0.15, -0.1) is 0 Å². The van der Waals surface area contributed by atoms with Crippen LogP contribution < -0.4 is 0 Å². The van der Waals surface area contributed by atoms with Gasteiger partial charge in [0.1, 0.15) is 0 Å². The SMILES string of the molecule is CCC(C)N1CCC(Br)C1. The van der Waals surface area contributed by atoms with Crippen LogP contribution in [0.1, 0.15) is 26.7 Å². The van der Waals surface area contributed by atoms with Crippen LogP contribution in [0.25, 0.3) is 0 Å². The zero-order chi connectivity index (χ0) is 7.56. The average molecular weight is 206 g/mol. The molecule has 0 aromatic carbocycles. The van der Waals surface area contributed by atoms with Crippen LogP contribution in [0.2, 0.25) is 0 Å². The number of rotatable bonds is 2. The highest BCUT2D eigenvalue weighted by Crippen LogP contribution is 2.19. The number of hydrogen-bond donors (Lipinski definition) is 0. The minimum Gasteiger partial charge on any atom is -0.300 e. The minimum absolute atomic E-state index is 0.751. The van der Waals surface area contributed by atoms with Crippen molar-refractivity contribution in [2.45, 2.75) is 37.6 Å². The summed E-state index contributed by atoms with van der Waals surface area (Å²) >= 11 is 3.63. The Morgan fingerprint density at radius 1 is 1.70 bits per heavy atom. The van der Waals surface area contributed by atoms with Crippen LogP contribution in [0.3, 0.4) is 0 Å². The molecule has 1 saturated heterocycles. The fourth-order valence-electron chi connectivity index (χ4n) is 1.40. The Morgan fingerprint density at radius 3 is 2.80 bits per heavy atom. The van der Waals surface area contributed by atoms with E-state index in [4.69, 9.17) is 0 Å². The van der Waals surface area contributed by atoms with E-state index in [2.05, 4.69) is 34.7 Å². The second-order valence-electron chi connectivity index (χ2n) is 3.14. The van der Waals surface area contributed by atoms with Crippen LogP contribution in [0.15, 0.2) is 0 Å². The van der Waals surface area contributed by atoms with Crippen molar-refractivity contribution >= 4 is 15.9 Å². The Morgan fingerprint density at radius 2 is 2.40 bits per heavy atom. The first-order valence-electron chi connectivity index (χ1n) is 4.12. The normalized spacial score (nSPS) is 30.9. The number of nitrogens with zero attached hydrogens (tertiary/aromatic N) is 1. The molecule has 2 atom stereocenters. The molecule has 0 saturated carbocycles. The van der Waals surface area contributed by atoms with Crippen molar-refractivity contribution in [3.05, 3.63) is 0 Å². The van der Waals surface area contributed by atoms with Crippen molar-refractivity contribution in [2.75, 3.05) is 13.1 Å². The zero-order valence-corrected chi connectivity index (χ0v) is 8.39. The van der Waals surface area contributed by atoms with Gasteiger partial charge in [-0.1, -0.05) is 22.9 Å². The third kappa shape index (κ3) is 1.96. The second-order valence-corrected chi connectivity index (χ2v) is 4.43. The number of alkyl halides is 1. The maximum atomic E-state index is 3.63. The minimum atomic E-state index is 0.751. The summed E-state index contributed by atoms with van der Waals surface area (Å²) in [5.41, 5.74) is 0. The molecule has 1 fully saturated rings. The third-order valence-electron chi connectivity index (χ3n) is 2.38. The molecule has 0 amide bonds. The van der Waals surface area contributed by atoms with Crippen LogP contribution in [0.4, 0.5) is 0 Å². The maximum Gasteiger partial charge on any atom is 0.0285 e. The lowest BCUT2D eigenvalue weighted by Gasteiger charge is -2.21. The molecule has 1 nitrogen and oxygen atoms in total. The fraction of sp³-hybridized carbons (Fsp3) is 1.00. The van der Waals surface area contributed by atoms with Gasteiger partial charge in [-0.05, 0) is 26.3 Å². The molecule has 0 aromatic rings. The molecule has 0 spiro atoms. The summed E-state index contributed by atoms with van der Waals surface area (Å²) < 4.78 is 0. The van der Waals surface area contributed by atoms with Gasteiger partial charge in [-0.2, -0.15) is 0 Å². The van der Waals surface area contributed by atoms with Crippen molar-refractivity contribution in [2.24, 2.45) is 0 Å². The van der Waals surface area contributed by atoms with E-state index < -0.39 is 0 Å². The number of halogens is 1. The van der Waals surface area contributed by atoms with Gasteiger partial charge in [0.2, 0.25) is 0 Å². The highest BCUT2D eigenvalue weighted by Gasteiger charge is 2.22. The van der Waals surface area contributed by atoms with Gasteiger partial charge in [0.05, 0.1) is 0 Å². The molecule has 0 aliphatic carbocycles. The van der Waals surface area contributed by atoms with E-state index in [1.807, 2.05) is 0 Å². The molecule has 0 N–H and O–H groups in total. The van der Waals surface area contributed by atoms with Gasteiger partial charge in [0.15, 0.2) is 0 Å². The van der Waals surface area contributed by atoms with E-state index in [1.54, 1.807) is 0 Å². The number of hydrogen-bond acceptors (Lipinski definition) is 1. The standard InChI is InChI=1S/C8H16BrN/c1-3-7(2)10-5-4-8(9)6-10/h7-8H,3-6H2,1-2H3. The van der Waals surface area contributed by atoms with Gasteiger partial charge in [-0.25, -0.2) is 0 Å². The van der Waals surface area contributed by atoms with E-state index in [1.165, 1.54) is 25.9 Å². The summed E-state index contributed by atoms with van der Waals surface area (Å²) in [5, 5.41) is 0. The third-order valence-corrected chi connectivity index (χ3v) is 3.12. The molecule has 0 bridgehead atoms. The van der Waals surface area contributed by atoms with Gasteiger partial charge in [0.25, 0.3) is 0 Å². The lowest BCUT2D eigenvalue weighted by Crippen LogP contribution is -2.30. The first-order chi connectivity index (χ1) is 4.74. The van der Waals surface area contributed by atoms with Crippen LogP contribution in [-0.2, 0) is 0 Å². The number of likely N-dealkylation sites (tertiary alicyclic amines) is 1. The lowest BCUT2D eigenvalue weighted by atomic mass is 10.2. The molecule has 10 heavy (non-hydrogen) atoms. The Bertz CT molecular complexity index is 105. The maximum absolute atomic E-state index is 3.63. The summed E-state index contributed by atoms with van der Waals surface area (Å²) in [6.45, 7) is 7.09. The molecule has 2 unspecified atom stereocenters. The smallest absolute Gasteiger partial charge is 0.0285 e. The Labute approximate surface area is 71.9 Å². The van der Waals surface area contributed by atoms with Crippen molar-refractivity contribution in [1.29, 1.82) is 0 Å². The Hall–Kier alpha value is 0.440. The van der Waals surface area contributed by atoms with E-state index in [-0.39, 0.29) is 0 Å². The monoisotopic (exact) mass is 205 g/mol. The van der Waals surface area contributed by atoms with E-state index in [0.717, 1.165) is 10.9 Å². The van der Waals surface area contributed by atoms with E-state index in [9.17, 15) is 0 Å². The highest BCUT2D eigenvalue weighted by molar-refractivity contribution is 9.09. The molecule has 0 aromatic heterocycles. The van der Waals surface area contributed by atoms with E-state index in [0.29, 0.717) is 0 Å². The first-order valence-corrected chi connectivity index (χ1v) is 5.03. The molecule has 1 aliphatic heterocycles. The predicted molar refractivity (Wildman–Crippen MR) is 48.7 cm³/mol.